The lowest BCUT2D eigenvalue weighted by Crippen LogP contribution is -2.25. The van der Waals surface area contributed by atoms with Gasteiger partial charge in [-0.05, 0) is 31.9 Å². The molecule has 0 aliphatic carbocycles. The van der Waals surface area contributed by atoms with E-state index >= 15 is 0 Å². The van der Waals surface area contributed by atoms with E-state index in [4.69, 9.17) is 16.7 Å². The second-order valence-corrected chi connectivity index (χ2v) is 5.15. The second-order valence-electron chi connectivity index (χ2n) is 3.35. The minimum atomic E-state index is 0.275. The first-order valence-electron chi connectivity index (χ1n) is 4.81. The third-order valence-electron chi connectivity index (χ3n) is 2.05. The molecule has 0 fully saturated rings. The van der Waals surface area contributed by atoms with Crippen LogP contribution in [0.3, 0.4) is 0 Å². The predicted octanol–water partition coefficient (Wildman–Crippen LogP) is 2.65. The van der Waals surface area contributed by atoms with Gasteiger partial charge in [-0.25, -0.2) is 0 Å². The fourth-order valence-electron chi connectivity index (χ4n) is 1.22. The minimum Gasteiger partial charge on any atom is -0.396 e. The van der Waals surface area contributed by atoms with E-state index in [0.29, 0.717) is 6.04 Å². The van der Waals surface area contributed by atoms with Crippen LogP contribution in [0.25, 0.3) is 0 Å². The first kappa shape index (κ1) is 12.0. The van der Waals surface area contributed by atoms with Crippen molar-refractivity contribution in [3.05, 3.63) is 21.3 Å². The number of aliphatic hydroxyl groups is 1. The van der Waals surface area contributed by atoms with E-state index in [0.717, 1.165) is 23.7 Å². The topological polar surface area (TPSA) is 32.3 Å². The van der Waals surface area contributed by atoms with E-state index in [1.807, 2.05) is 12.1 Å². The molecule has 1 rings (SSSR count). The molecule has 0 saturated carbocycles. The summed E-state index contributed by atoms with van der Waals surface area (Å²) in [7, 11) is 0. The van der Waals surface area contributed by atoms with Gasteiger partial charge < -0.3 is 10.4 Å². The van der Waals surface area contributed by atoms with Gasteiger partial charge in [-0.1, -0.05) is 11.6 Å². The van der Waals surface area contributed by atoms with E-state index < -0.39 is 0 Å². The Morgan fingerprint density at radius 3 is 2.93 bits per heavy atom. The van der Waals surface area contributed by atoms with E-state index in [2.05, 4.69) is 12.2 Å². The summed E-state index contributed by atoms with van der Waals surface area (Å²) in [5, 5.41) is 12.0. The first-order valence-corrected chi connectivity index (χ1v) is 6.00. The van der Waals surface area contributed by atoms with Gasteiger partial charge in [0.1, 0.15) is 0 Å². The molecule has 4 heteroatoms. The molecule has 1 heterocycles. The Balaban J connectivity index is 2.20. The van der Waals surface area contributed by atoms with E-state index in [9.17, 15) is 0 Å². The smallest absolute Gasteiger partial charge is 0.0931 e. The van der Waals surface area contributed by atoms with Crippen LogP contribution in [0.5, 0.6) is 0 Å². The molecule has 80 valence electrons. The summed E-state index contributed by atoms with van der Waals surface area (Å²) in [5.41, 5.74) is 0. The lowest BCUT2D eigenvalue weighted by atomic mass is 10.2. The SMILES string of the molecule is CC(CCCO)NCc1ccc(Cl)s1. The average molecular weight is 234 g/mol. The normalized spacial score (nSPS) is 13.1. The molecule has 0 spiro atoms. The highest BCUT2D eigenvalue weighted by Gasteiger charge is 2.02. The molecular weight excluding hydrogens is 218 g/mol. The van der Waals surface area contributed by atoms with Crippen LogP contribution in [-0.2, 0) is 6.54 Å². The van der Waals surface area contributed by atoms with Crippen molar-refractivity contribution in [3.63, 3.8) is 0 Å². The Kier molecular flexibility index (Phi) is 5.48. The van der Waals surface area contributed by atoms with Gasteiger partial charge in [-0.3, -0.25) is 0 Å². The van der Waals surface area contributed by atoms with Gasteiger partial charge in [0.05, 0.1) is 4.34 Å². The quantitative estimate of drug-likeness (QED) is 0.792. The summed E-state index contributed by atoms with van der Waals surface area (Å²) in [5.74, 6) is 0. The van der Waals surface area contributed by atoms with Gasteiger partial charge in [0.25, 0.3) is 0 Å². The third-order valence-corrected chi connectivity index (χ3v) is 3.28. The van der Waals surface area contributed by atoms with Gasteiger partial charge in [-0.15, -0.1) is 11.3 Å². The van der Waals surface area contributed by atoms with Gasteiger partial charge in [0, 0.05) is 24.1 Å². The Bertz CT molecular complexity index is 264. The number of nitrogens with one attached hydrogen (secondary N) is 1. The maximum Gasteiger partial charge on any atom is 0.0931 e. The number of thiophene rings is 1. The molecular formula is C10H16ClNOS. The summed E-state index contributed by atoms with van der Waals surface area (Å²) in [6.07, 6.45) is 1.87. The minimum absolute atomic E-state index is 0.275. The molecule has 2 nitrogen and oxygen atoms in total. The molecule has 1 atom stereocenters. The highest BCUT2D eigenvalue weighted by Crippen LogP contribution is 2.21. The fraction of sp³-hybridized carbons (Fsp3) is 0.600. The third kappa shape index (κ3) is 4.42. The van der Waals surface area contributed by atoms with Gasteiger partial charge in [0.2, 0.25) is 0 Å². The van der Waals surface area contributed by atoms with Crippen molar-refractivity contribution in [2.45, 2.75) is 32.4 Å². The van der Waals surface area contributed by atoms with E-state index in [1.54, 1.807) is 11.3 Å². The molecule has 0 aliphatic rings. The van der Waals surface area contributed by atoms with Crippen molar-refractivity contribution in [1.29, 1.82) is 0 Å². The summed E-state index contributed by atoms with van der Waals surface area (Å²) >= 11 is 7.42. The Hall–Kier alpha value is -0.0900. The van der Waals surface area contributed by atoms with Crippen molar-refractivity contribution in [2.24, 2.45) is 0 Å². The lowest BCUT2D eigenvalue weighted by Gasteiger charge is -2.11. The highest BCUT2D eigenvalue weighted by molar-refractivity contribution is 7.16. The van der Waals surface area contributed by atoms with Gasteiger partial charge in [0.15, 0.2) is 0 Å². The number of hydrogen-bond donors (Lipinski definition) is 2. The Morgan fingerprint density at radius 1 is 1.57 bits per heavy atom. The molecule has 14 heavy (non-hydrogen) atoms. The molecule has 0 saturated heterocycles. The van der Waals surface area contributed by atoms with E-state index in [1.165, 1.54) is 4.88 Å². The number of hydrogen-bond acceptors (Lipinski definition) is 3. The fourth-order valence-corrected chi connectivity index (χ4v) is 2.26. The standard InChI is InChI=1S/C10H16ClNOS/c1-8(3-2-6-13)12-7-9-4-5-10(11)14-9/h4-5,8,12-13H,2-3,6-7H2,1H3. The van der Waals surface area contributed by atoms with Crippen LogP contribution in [0.2, 0.25) is 4.34 Å². The maximum atomic E-state index is 8.66. The van der Waals surface area contributed by atoms with Crippen LogP contribution >= 0.6 is 22.9 Å². The zero-order valence-electron chi connectivity index (χ0n) is 8.29. The van der Waals surface area contributed by atoms with Crippen molar-refractivity contribution in [1.82, 2.24) is 5.32 Å². The molecule has 0 radical (unpaired) electrons. The summed E-state index contributed by atoms with van der Waals surface area (Å²) in [6.45, 7) is 3.27. The van der Waals surface area contributed by atoms with Crippen molar-refractivity contribution < 1.29 is 5.11 Å². The summed E-state index contributed by atoms with van der Waals surface area (Å²) < 4.78 is 0.838. The van der Waals surface area contributed by atoms with Crippen molar-refractivity contribution >= 4 is 22.9 Å². The second kappa shape index (κ2) is 6.40. The largest absolute Gasteiger partial charge is 0.396 e. The summed E-state index contributed by atoms with van der Waals surface area (Å²) in [4.78, 5) is 1.26. The first-order chi connectivity index (χ1) is 6.72. The molecule has 1 aromatic rings. The van der Waals surface area contributed by atoms with Crippen molar-refractivity contribution in [2.75, 3.05) is 6.61 Å². The number of rotatable bonds is 6. The molecule has 0 bridgehead atoms. The van der Waals surface area contributed by atoms with Crippen LogP contribution in [0.1, 0.15) is 24.6 Å². The Labute approximate surface area is 93.9 Å². The average Bonchev–Trinajstić information content (AvgIpc) is 2.58. The Morgan fingerprint density at radius 2 is 2.36 bits per heavy atom. The van der Waals surface area contributed by atoms with Crippen LogP contribution in [0.15, 0.2) is 12.1 Å². The molecule has 2 N–H and O–H groups in total. The van der Waals surface area contributed by atoms with Gasteiger partial charge in [-0.2, -0.15) is 0 Å². The highest BCUT2D eigenvalue weighted by atomic mass is 35.5. The lowest BCUT2D eigenvalue weighted by molar-refractivity contribution is 0.276. The number of aliphatic hydroxyl groups excluding tert-OH is 1. The summed E-state index contributed by atoms with van der Waals surface area (Å²) in [6, 6.07) is 4.41. The zero-order valence-corrected chi connectivity index (χ0v) is 9.87. The van der Waals surface area contributed by atoms with Crippen LogP contribution in [0.4, 0.5) is 0 Å². The predicted molar refractivity (Wildman–Crippen MR) is 62.0 cm³/mol. The molecule has 0 aliphatic heterocycles. The maximum absolute atomic E-state index is 8.66. The van der Waals surface area contributed by atoms with E-state index in [-0.39, 0.29) is 6.61 Å². The van der Waals surface area contributed by atoms with Crippen molar-refractivity contribution in [3.8, 4) is 0 Å². The number of halogens is 1. The molecule has 0 amide bonds. The van der Waals surface area contributed by atoms with Crippen LogP contribution in [0, 0.1) is 0 Å². The van der Waals surface area contributed by atoms with Crippen LogP contribution in [-0.4, -0.2) is 17.8 Å². The molecule has 0 aromatic carbocycles. The van der Waals surface area contributed by atoms with Gasteiger partial charge >= 0.3 is 0 Å². The molecule has 1 aromatic heterocycles. The van der Waals surface area contributed by atoms with Crippen LogP contribution < -0.4 is 5.32 Å². The monoisotopic (exact) mass is 233 g/mol. The zero-order chi connectivity index (χ0) is 10.4. The molecule has 1 unspecified atom stereocenters.